The summed E-state index contributed by atoms with van der Waals surface area (Å²) in [6, 6.07) is 13.8. The summed E-state index contributed by atoms with van der Waals surface area (Å²) in [7, 11) is 1.53. The SMILES string of the molecule is CC(=O)N[C@@H](Cc1c[nH]c2ccccc12)C(=O)N(C)CC(=O)Nc1ccccc1Cl. The van der Waals surface area contributed by atoms with Crippen LogP contribution in [0.25, 0.3) is 10.9 Å². The number of aromatic nitrogens is 1. The number of nitrogens with zero attached hydrogens (tertiary/aromatic N) is 1. The van der Waals surface area contributed by atoms with E-state index in [1.165, 1.54) is 18.9 Å². The second-order valence-electron chi connectivity index (χ2n) is 7.04. The fraction of sp³-hybridized carbons (Fsp3) is 0.227. The van der Waals surface area contributed by atoms with Gasteiger partial charge >= 0.3 is 0 Å². The fourth-order valence-corrected chi connectivity index (χ4v) is 3.46. The van der Waals surface area contributed by atoms with Crippen molar-refractivity contribution in [1.82, 2.24) is 15.2 Å². The van der Waals surface area contributed by atoms with Gasteiger partial charge in [-0.05, 0) is 23.8 Å². The molecular weight excluding hydrogens is 404 g/mol. The minimum absolute atomic E-state index is 0.173. The van der Waals surface area contributed by atoms with Gasteiger partial charge in [0.1, 0.15) is 6.04 Å². The number of H-pyrrole nitrogens is 1. The first kappa shape index (κ1) is 21.4. The number of fused-ring (bicyclic) bond motifs is 1. The Balaban J connectivity index is 1.70. The van der Waals surface area contributed by atoms with E-state index in [0.717, 1.165) is 16.5 Å². The largest absolute Gasteiger partial charge is 0.361 e. The molecule has 156 valence electrons. The summed E-state index contributed by atoms with van der Waals surface area (Å²) in [5, 5.41) is 6.79. The zero-order valence-corrected chi connectivity index (χ0v) is 17.5. The van der Waals surface area contributed by atoms with E-state index in [-0.39, 0.29) is 24.3 Å². The highest BCUT2D eigenvalue weighted by Crippen LogP contribution is 2.21. The number of para-hydroxylation sites is 2. The van der Waals surface area contributed by atoms with Crippen LogP contribution in [0.4, 0.5) is 5.69 Å². The second kappa shape index (κ2) is 9.45. The first-order chi connectivity index (χ1) is 14.3. The van der Waals surface area contributed by atoms with Gasteiger partial charge in [-0.1, -0.05) is 41.9 Å². The van der Waals surface area contributed by atoms with Crippen LogP contribution >= 0.6 is 11.6 Å². The Labute approximate surface area is 179 Å². The molecule has 3 aromatic rings. The maximum atomic E-state index is 13.0. The lowest BCUT2D eigenvalue weighted by atomic mass is 10.0. The van der Waals surface area contributed by atoms with E-state index in [4.69, 9.17) is 11.6 Å². The summed E-state index contributed by atoms with van der Waals surface area (Å²) in [5.41, 5.74) is 2.34. The van der Waals surface area contributed by atoms with Gasteiger partial charge in [-0.3, -0.25) is 14.4 Å². The number of carbonyl (C=O) groups excluding carboxylic acids is 3. The summed E-state index contributed by atoms with van der Waals surface area (Å²) in [5.74, 6) is -1.06. The normalized spacial score (nSPS) is 11.7. The Kier molecular flexibility index (Phi) is 6.74. The molecule has 0 spiro atoms. The molecule has 8 heteroatoms. The Hall–Kier alpha value is -3.32. The number of hydrogen-bond donors (Lipinski definition) is 3. The smallest absolute Gasteiger partial charge is 0.245 e. The first-order valence-electron chi connectivity index (χ1n) is 9.46. The van der Waals surface area contributed by atoms with Crippen LogP contribution in [0.3, 0.4) is 0 Å². The monoisotopic (exact) mass is 426 g/mol. The quantitative estimate of drug-likeness (QED) is 0.542. The molecule has 2 aromatic carbocycles. The van der Waals surface area contributed by atoms with Crippen molar-refractivity contribution >= 4 is 45.9 Å². The van der Waals surface area contributed by atoms with Crippen LogP contribution < -0.4 is 10.6 Å². The number of nitrogens with one attached hydrogen (secondary N) is 3. The maximum Gasteiger partial charge on any atom is 0.245 e. The van der Waals surface area contributed by atoms with Crippen LogP contribution in [0.2, 0.25) is 5.02 Å². The van der Waals surface area contributed by atoms with Crippen LogP contribution in [-0.2, 0) is 20.8 Å². The molecule has 0 aliphatic heterocycles. The Morgan fingerprint density at radius 3 is 2.53 bits per heavy atom. The third-order valence-electron chi connectivity index (χ3n) is 4.68. The van der Waals surface area contributed by atoms with Crippen molar-refractivity contribution in [3.8, 4) is 0 Å². The van der Waals surface area contributed by atoms with Crippen molar-refractivity contribution in [2.24, 2.45) is 0 Å². The van der Waals surface area contributed by atoms with E-state index in [1.54, 1.807) is 24.3 Å². The number of anilines is 1. The molecule has 7 nitrogen and oxygen atoms in total. The van der Waals surface area contributed by atoms with Crippen molar-refractivity contribution in [2.45, 2.75) is 19.4 Å². The molecule has 1 heterocycles. The van der Waals surface area contributed by atoms with Crippen LogP contribution in [0.15, 0.2) is 54.7 Å². The van der Waals surface area contributed by atoms with E-state index >= 15 is 0 Å². The van der Waals surface area contributed by atoms with Gasteiger partial charge in [-0.2, -0.15) is 0 Å². The van der Waals surface area contributed by atoms with Gasteiger partial charge in [0.05, 0.1) is 17.3 Å². The lowest BCUT2D eigenvalue weighted by Crippen LogP contribution is -2.49. The molecule has 1 atom stereocenters. The number of benzene rings is 2. The average Bonchev–Trinajstić information content (AvgIpc) is 3.11. The van der Waals surface area contributed by atoms with Gasteiger partial charge in [0.25, 0.3) is 0 Å². The van der Waals surface area contributed by atoms with Crippen LogP contribution in [-0.4, -0.2) is 47.2 Å². The van der Waals surface area contributed by atoms with E-state index < -0.39 is 6.04 Å². The van der Waals surface area contributed by atoms with Crippen molar-refractivity contribution in [3.05, 3.63) is 65.3 Å². The van der Waals surface area contributed by atoms with Crippen molar-refractivity contribution in [2.75, 3.05) is 18.9 Å². The van der Waals surface area contributed by atoms with Gasteiger partial charge < -0.3 is 20.5 Å². The first-order valence-corrected chi connectivity index (χ1v) is 9.84. The summed E-state index contributed by atoms with van der Waals surface area (Å²) in [4.78, 5) is 41.5. The van der Waals surface area contributed by atoms with E-state index in [1.807, 2.05) is 30.5 Å². The molecule has 0 saturated carbocycles. The average molecular weight is 427 g/mol. The Bertz CT molecular complexity index is 1080. The summed E-state index contributed by atoms with van der Waals surface area (Å²) in [6.07, 6.45) is 2.13. The Morgan fingerprint density at radius 2 is 1.80 bits per heavy atom. The molecule has 1 aromatic heterocycles. The predicted octanol–water partition coefficient (Wildman–Crippen LogP) is 2.97. The topological polar surface area (TPSA) is 94.3 Å². The van der Waals surface area contributed by atoms with Crippen LogP contribution in [0, 0.1) is 0 Å². The van der Waals surface area contributed by atoms with Gasteiger partial charge in [0.2, 0.25) is 17.7 Å². The highest BCUT2D eigenvalue weighted by Gasteiger charge is 2.25. The van der Waals surface area contributed by atoms with Crippen LogP contribution in [0.5, 0.6) is 0 Å². The van der Waals surface area contributed by atoms with Gasteiger partial charge in [-0.25, -0.2) is 0 Å². The van der Waals surface area contributed by atoms with Gasteiger partial charge in [-0.15, -0.1) is 0 Å². The summed E-state index contributed by atoms with van der Waals surface area (Å²) >= 11 is 6.06. The predicted molar refractivity (Wildman–Crippen MR) is 117 cm³/mol. The number of rotatable bonds is 7. The second-order valence-corrected chi connectivity index (χ2v) is 7.45. The third kappa shape index (κ3) is 5.18. The van der Waals surface area contributed by atoms with Crippen molar-refractivity contribution in [1.29, 1.82) is 0 Å². The zero-order chi connectivity index (χ0) is 21.7. The standard InChI is InChI=1S/C22H23ClN4O3/c1-14(28)25-20(11-15-12-24-18-9-5-3-7-16(15)18)22(30)27(2)13-21(29)26-19-10-6-4-8-17(19)23/h3-10,12,20,24H,11,13H2,1-2H3,(H,25,28)(H,26,29)/t20-/m0/s1. The lowest BCUT2D eigenvalue weighted by molar-refractivity contribution is -0.137. The summed E-state index contributed by atoms with van der Waals surface area (Å²) < 4.78 is 0. The number of aromatic amines is 1. The number of likely N-dealkylation sites (N-methyl/N-ethyl adjacent to an activating group) is 1. The zero-order valence-electron chi connectivity index (χ0n) is 16.7. The highest BCUT2D eigenvalue weighted by atomic mass is 35.5. The minimum Gasteiger partial charge on any atom is -0.361 e. The molecule has 0 radical (unpaired) electrons. The molecule has 0 fully saturated rings. The highest BCUT2D eigenvalue weighted by molar-refractivity contribution is 6.33. The molecule has 3 amide bonds. The molecule has 0 bridgehead atoms. The molecule has 3 N–H and O–H groups in total. The maximum absolute atomic E-state index is 13.0. The fourth-order valence-electron chi connectivity index (χ4n) is 3.28. The lowest BCUT2D eigenvalue weighted by Gasteiger charge is -2.24. The van der Waals surface area contributed by atoms with E-state index in [2.05, 4.69) is 15.6 Å². The number of amides is 3. The molecule has 3 rings (SSSR count). The van der Waals surface area contributed by atoms with Crippen molar-refractivity contribution < 1.29 is 14.4 Å². The van der Waals surface area contributed by atoms with Gasteiger partial charge in [0, 0.05) is 37.5 Å². The number of hydrogen-bond acceptors (Lipinski definition) is 3. The van der Waals surface area contributed by atoms with Gasteiger partial charge in [0.15, 0.2) is 0 Å². The van der Waals surface area contributed by atoms with Crippen molar-refractivity contribution in [3.63, 3.8) is 0 Å². The molecule has 0 aliphatic carbocycles. The molecule has 0 saturated heterocycles. The van der Waals surface area contributed by atoms with E-state index in [0.29, 0.717) is 17.1 Å². The third-order valence-corrected chi connectivity index (χ3v) is 5.01. The molecular formula is C22H23ClN4O3. The summed E-state index contributed by atoms with van der Waals surface area (Å²) in [6.45, 7) is 1.19. The number of carbonyl (C=O) groups is 3. The van der Waals surface area contributed by atoms with Crippen LogP contribution in [0.1, 0.15) is 12.5 Å². The Morgan fingerprint density at radius 1 is 1.10 bits per heavy atom. The molecule has 0 aliphatic rings. The number of halogens is 1. The van der Waals surface area contributed by atoms with E-state index in [9.17, 15) is 14.4 Å². The molecule has 30 heavy (non-hydrogen) atoms. The minimum atomic E-state index is -0.792. The molecule has 0 unspecified atom stereocenters.